The molecule has 0 aromatic heterocycles. The maximum Gasteiger partial charge on any atom is 0.260 e. The highest BCUT2D eigenvalue weighted by Crippen LogP contribution is 2.22. The number of aryl methyl sites for hydroxylation is 2. The molecule has 0 aliphatic carbocycles. The summed E-state index contributed by atoms with van der Waals surface area (Å²) in [5.74, 6) is -1.32. The van der Waals surface area contributed by atoms with Gasteiger partial charge in [0, 0.05) is 17.8 Å². The first kappa shape index (κ1) is 21.2. The van der Waals surface area contributed by atoms with Gasteiger partial charge in [-0.2, -0.15) is 0 Å². The minimum atomic E-state index is -0.716. The molecule has 0 bridgehead atoms. The molecule has 0 aliphatic heterocycles. The Bertz CT molecular complexity index is 894. The summed E-state index contributed by atoms with van der Waals surface area (Å²) in [4.78, 5) is 37.2. The second kappa shape index (κ2) is 9.23. The summed E-state index contributed by atoms with van der Waals surface area (Å²) in [5.41, 5.74) is 7.97. The normalized spacial score (nSPS) is 10.3. The number of likely N-dealkylation sites (N-methyl/N-ethyl adjacent to an activating group) is 1. The number of primary amides is 1. The lowest BCUT2D eigenvalue weighted by Gasteiger charge is -2.19. The standard InChI is InChI=1S/C20H22ClN3O4/c1-12-5-4-6-13(2)19(12)23-17(25)10-24(3)18(26)11-28-16-8-7-14(21)9-15(16)20(22)27/h4-9H,10-11H2,1-3H3,(H2,22,27)(H,23,25). The SMILES string of the molecule is Cc1cccc(C)c1NC(=O)CN(C)C(=O)COc1ccc(Cl)cc1C(N)=O. The van der Waals surface area contributed by atoms with Crippen LogP contribution in [-0.4, -0.2) is 42.8 Å². The van der Waals surface area contributed by atoms with Gasteiger partial charge in [0.05, 0.1) is 12.1 Å². The third-order valence-corrected chi connectivity index (χ3v) is 4.35. The Balaban J connectivity index is 1.94. The first-order valence-corrected chi connectivity index (χ1v) is 8.89. The largest absolute Gasteiger partial charge is 0.483 e. The van der Waals surface area contributed by atoms with Gasteiger partial charge >= 0.3 is 0 Å². The number of amides is 3. The highest BCUT2D eigenvalue weighted by molar-refractivity contribution is 6.31. The van der Waals surface area contributed by atoms with Crippen LogP contribution < -0.4 is 15.8 Å². The molecule has 0 saturated heterocycles. The number of nitrogens with two attached hydrogens (primary N) is 1. The number of para-hydroxylation sites is 1. The number of anilines is 1. The van der Waals surface area contributed by atoms with E-state index in [1.807, 2.05) is 32.0 Å². The Morgan fingerprint density at radius 3 is 2.39 bits per heavy atom. The lowest BCUT2D eigenvalue weighted by molar-refractivity contribution is -0.135. The second-order valence-electron chi connectivity index (χ2n) is 6.36. The molecule has 0 fully saturated rings. The number of hydrogen-bond donors (Lipinski definition) is 2. The summed E-state index contributed by atoms with van der Waals surface area (Å²) in [6.07, 6.45) is 0. The number of carbonyl (C=O) groups excluding carboxylic acids is 3. The lowest BCUT2D eigenvalue weighted by atomic mass is 10.1. The molecule has 28 heavy (non-hydrogen) atoms. The molecule has 0 atom stereocenters. The predicted octanol–water partition coefficient (Wildman–Crippen LogP) is 2.53. The van der Waals surface area contributed by atoms with Crippen LogP contribution in [0.15, 0.2) is 36.4 Å². The van der Waals surface area contributed by atoms with Crippen LogP contribution in [0, 0.1) is 13.8 Å². The van der Waals surface area contributed by atoms with Crippen molar-refractivity contribution in [1.82, 2.24) is 4.90 Å². The van der Waals surface area contributed by atoms with Crippen molar-refractivity contribution < 1.29 is 19.1 Å². The minimum Gasteiger partial charge on any atom is -0.483 e. The van der Waals surface area contributed by atoms with E-state index in [4.69, 9.17) is 22.1 Å². The fourth-order valence-corrected chi connectivity index (χ4v) is 2.74. The maximum atomic E-state index is 12.3. The Kier molecular flexibility index (Phi) is 7.00. The van der Waals surface area contributed by atoms with Gasteiger partial charge in [-0.15, -0.1) is 0 Å². The smallest absolute Gasteiger partial charge is 0.260 e. The summed E-state index contributed by atoms with van der Waals surface area (Å²) in [5, 5.41) is 3.15. The van der Waals surface area contributed by atoms with Crippen molar-refractivity contribution in [2.24, 2.45) is 5.73 Å². The molecule has 7 nitrogen and oxygen atoms in total. The number of ether oxygens (including phenoxy) is 1. The average Bonchev–Trinajstić information content (AvgIpc) is 2.63. The van der Waals surface area contributed by atoms with Crippen LogP contribution in [0.1, 0.15) is 21.5 Å². The highest BCUT2D eigenvalue weighted by atomic mass is 35.5. The molecule has 2 rings (SSSR count). The second-order valence-corrected chi connectivity index (χ2v) is 6.79. The minimum absolute atomic E-state index is 0.0794. The van der Waals surface area contributed by atoms with E-state index in [0.717, 1.165) is 16.8 Å². The van der Waals surface area contributed by atoms with Crippen LogP contribution in [0.25, 0.3) is 0 Å². The number of nitrogens with one attached hydrogen (secondary N) is 1. The molecule has 0 spiro atoms. The van der Waals surface area contributed by atoms with E-state index in [2.05, 4.69) is 5.32 Å². The van der Waals surface area contributed by atoms with Crippen molar-refractivity contribution in [3.05, 3.63) is 58.1 Å². The molecule has 0 aliphatic rings. The van der Waals surface area contributed by atoms with E-state index in [0.29, 0.717) is 5.02 Å². The maximum absolute atomic E-state index is 12.3. The van der Waals surface area contributed by atoms with Gasteiger partial charge < -0.3 is 20.7 Å². The monoisotopic (exact) mass is 403 g/mol. The van der Waals surface area contributed by atoms with Gasteiger partial charge in [-0.3, -0.25) is 14.4 Å². The number of nitrogens with zero attached hydrogens (tertiary/aromatic N) is 1. The molecule has 3 N–H and O–H groups in total. The molecular formula is C20H22ClN3O4. The summed E-state index contributed by atoms with van der Waals surface area (Å²) < 4.78 is 5.39. The van der Waals surface area contributed by atoms with Gasteiger partial charge in [0.1, 0.15) is 5.75 Å². The third kappa shape index (κ3) is 5.47. The van der Waals surface area contributed by atoms with Crippen molar-refractivity contribution >= 4 is 35.0 Å². The van der Waals surface area contributed by atoms with E-state index in [1.165, 1.54) is 30.1 Å². The van der Waals surface area contributed by atoms with Crippen LogP contribution >= 0.6 is 11.6 Å². The fraction of sp³-hybridized carbons (Fsp3) is 0.250. The Morgan fingerprint density at radius 1 is 1.14 bits per heavy atom. The lowest BCUT2D eigenvalue weighted by Crippen LogP contribution is -2.38. The molecule has 0 saturated carbocycles. The first-order chi connectivity index (χ1) is 13.2. The molecule has 148 valence electrons. The van der Waals surface area contributed by atoms with E-state index >= 15 is 0 Å². The van der Waals surface area contributed by atoms with Crippen LogP contribution in [0.3, 0.4) is 0 Å². The summed E-state index contributed by atoms with van der Waals surface area (Å²) in [7, 11) is 1.49. The number of hydrogen-bond acceptors (Lipinski definition) is 4. The Labute approximate surface area is 168 Å². The number of halogens is 1. The molecule has 2 aromatic carbocycles. The van der Waals surface area contributed by atoms with E-state index in [1.54, 1.807) is 0 Å². The van der Waals surface area contributed by atoms with Crippen molar-refractivity contribution in [1.29, 1.82) is 0 Å². The summed E-state index contributed by atoms with van der Waals surface area (Å²) in [6.45, 7) is 3.30. The summed E-state index contributed by atoms with van der Waals surface area (Å²) in [6, 6.07) is 10.1. The Hall–Kier alpha value is -3.06. The first-order valence-electron chi connectivity index (χ1n) is 8.51. The zero-order valence-corrected chi connectivity index (χ0v) is 16.7. The van der Waals surface area contributed by atoms with E-state index in [9.17, 15) is 14.4 Å². The van der Waals surface area contributed by atoms with Gasteiger partial charge in [0.25, 0.3) is 11.8 Å². The van der Waals surface area contributed by atoms with Crippen molar-refractivity contribution in [2.45, 2.75) is 13.8 Å². The average molecular weight is 404 g/mol. The molecule has 0 unspecified atom stereocenters. The molecule has 0 radical (unpaired) electrons. The molecular weight excluding hydrogens is 382 g/mol. The predicted molar refractivity (Wildman–Crippen MR) is 108 cm³/mol. The van der Waals surface area contributed by atoms with Gasteiger partial charge in [0.2, 0.25) is 5.91 Å². The van der Waals surface area contributed by atoms with Crippen molar-refractivity contribution in [3.8, 4) is 5.75 Å². The number of rotatable bonds is 7. The number of carbonyl (C=O) groups is 3. The Morgan fingerprint density at radius 2 is 1.79 bits per heavy atom. The fourth-order valence-electron chi connectivity index (χ4n) is 2.56. The third-order valence-electron chi connectivity index (χ3n) is 4.11. The summed E-state index contributed by atoms with van der Waals surface area (Å²) >= 11 is 5.84. The van der Waals surface area contributed by atoms with Crippen molar-refractivity contribution in [3.63, 3.8) is 0 Å². The molecule has 8 heteroatoms. The van der Waals surface area contributed by atoms with Gasteiger partial charge in [-0.05, 0) is 43.2 Å². The number of benzene rings is 2. The van der Waals surface area contributed by atoms with Crippen LogP contribution in [0.4, 0.5) is 5.69 Å². The molecule has 0 heterocycles. The van der Waals surface area contributed by atoms with Crippen LogP contribution in [0.2, 0.25) is 5.02 Å². The highest BCUT2D eigenvalue weighted by Gasteiger charge is 2.17. The molecule has 2 aromatic rings. The zero-order valence-electron chi connectivity index (χ0n) is 15.9. The van der Waals surface area contributed by atoms with Gasteiger partial charge in [-0.25, -0.2) is 0 Å². The van der Waals surface area contributed by atoms with E-state index in [-0.39, 0.29) is 30.4 Å². The van der Waals surface area contributed by atoms with Gasteiger partial charge in [-0.1, -0.05) is 29.8 Å². The van der Waals surface area contributed by atoms with E-state index < -0.39 is 11.8 Å². The van der Waals surface area contributed by atoms with Crippen LogP contribution in [-0.2, 0) is 9.59 Å². The van der Waals surface area contributed by atoms with Gasteiger partial charge in [0.15, 0.2) is 6.61 Å². The molecule has 3 amide bonds. The quantitative estimate of drug-likeness (QED) is 0.741. The zero-order chi connectivity index (χ0) is 20.8. The van der Waals surface area contributed by atoms with Crippen molar-refractivity contribution in [2.75, 3.05) is 25.5 Å². The van der Waals surface area contributed by atoms with Crippen LogP contribution in [0.5, 0.6) is 5.75 Å². The topological polar surface area (TPSA) is 102 Å².